The van der Waals surface area contributed by atoms with Gasteiger partial charge >= 0.3 is 0 Å². The average molecular weight is 424 g/mol. The Kier molecular flexibility index (Phi) is 53.5. The van der Waals surface area contributed by atoms with Crippen LogP contribution in [0, 0.1) is 23.7 Å². The summed E-state index contributed by atoms with van der Waals surface area (Å²) in [6, 6.07) is 7.49. The van der Waals surface area contributed by atoms with Gasteiger partial charge < -0.3 is 0 Å². The highest BCUT2D eigenvalue weighted by molar-refractivity contribution is 4.88. The van der Waals surface area contributed by atoms with E-state index in [1.54, 1.807) is 30.9 Å². The lowest BCUT2D eigenvalue weighted by Gasteiger charge is -1.79. The van der Waals surface area contributed by atoms with Crippen LogP contribution in [0.5, 0.6) is 0 Å². The molecule has 0 aliphatic rings. The quantitative estimate of drug-likeness (QED) is 0.423. The molecule has 2 aromatic rings. The molecule has 2 rings (SSSR count). The smallest absolute Gasteiger partial charge is 0.115 e. The summed E-state index contributed by atoms with van der Waals surface area (Å²) >= 11 is 0. The highest BCUT2D eigenvalue weighted by atomic mass is 14.8. The fraction of sp³-hybridized carbons (Fsp3) is 0.667. The van der Waals surface area contributed by atoms with E-state index < -0.39 is 0 Å². The molecule has 0 fully saturated rings. The zero-order valence-electron chi connectivity index (χ0n) is 20.8. The third kappa shape index (κ3) is 160. The first kappa shape index (κ1) is 42.4. The molecule has 3 nitrogen and oxygen atoms in total. The topological polar surface area (TPSA) is 38.7 Å². The normalized spacial score (nSPS) is 8.00. The summed E-state index contributed by atoms with van der Waals surface area (Å²) in [5.74, 6) is 3.33. The molecule has 0 amide bonds. The van der Waals surface area contributed by atoms with Crippen LogP contribution < -0.4 is 0 Å². The maximum atomic E-state index is 3.78. The summed E-state index contributed by atoms with van der Waals surface area (Å²) < 4.78 is 0. The molecule has 0 N–H and O–H groups in total. The Balaban J connectivity index is -0.0000000577. The molecule has 0 spiro atoms. The maximum absolute atomic E-state index is 3.78. The molecule has 0 saturated heterocycles. The van der Waals surface area contributed by atoms with Crippen molar-refractivity contribution in [3.63, 3.8) is 0 Å². The molecular weight excluding hydrogens is 366 g/mol. The van der Waals surface area contributed by atoms with Crippen LogP contribution in [0.25, 0.3) is 0 Å². The number of aromatic nitrogens is 3. The van der Waals surface area contributed by atoms with E-state index in [1.807, 2.05) is 18.2 Å². The highest BCUT2D eigenvalue weighted by Crippen LogP contribution is 1.82. The van der Waals surface area contributed by atoms with E-state index in [4.69, 9.17) is 0 Å². The van der Waals surface area contributed by atoms with Crippen molar-refractivity contribution in [1.82, 2.24) is 15.0 Å². The Hall–Kier alpha value is -1.77. The Morgan fingerprint density at radius 3 is 0.667 bits per heavy atom. The molecule has 0 aromatic carbocycles. The van der Waals surface area contributed by atoms with Gasteiger partial charge in [0.25, 0.3) is 0 Å². The van der Waals surface area contributed by atoms with Gasteiger partial charge in [0.2, 0.25) is 0 Å². The Bertz CT molecular complexity index is 306. The lowest BCUT2D eigenvalue weighted by molar-refractivity contribution is 0.736. The van der Waals surface area contributed by atoms with E-state index >= 15 is 0 Å². The molecule has 2 heterocycles. The van der Waals surface area contributed by atoms with E-state index in [9.17, 15) is 0 Å². The summed E-state index contributed by atoms with van der Waals surface area (Å²) in [7, 11) is 0. The summed E-state index contributed by atoms with van der Waals surface area (Å²) in [4.78, 5) is 11.1. The first-order valence-corrected chi connectivity index (χ1v) is 10.5. The number of pyridine rings is 1. The van der Waals surface area contributed by atoms with E-state index in [-0.39, 0.29) is 14.9 Å². The van der Waals surface area contributed by atoms with Crippen LogP contribution in [-0.4, -0.2) is 15.0 Å². The molecule has 0 aliphatic carbocycles. The standard InChI is InChI=1S/C5H5N.C4H4N2.4C4H10.2CH4/c1-2-4-6-5-3-1;1-2-5-4-6-3-1;4*1-4(2)3;;/h1-5H;1-4H;4*4H,1-3H3;2*1H4. The summed E-state index contributed by atoms with van der Waals surface area (Å²) in [6.07, 6.45) is 8.38. The van der Waals surface area contributed by atoms with Crippen molar-refractivity contribution in [3.8, 4) is 0 Å². The first-order valence-electron chi connectivity index (χ1n) is 10.5. The molecule has 2 aromatic heterocycles. The minimum atomic E-state index is 0. The molecular formula is C27H57N3. The molecule has 3 heteroatoms. The van der Waals surface area contributed by atoms with E-state index in [0.29, 0.717) is 0 Å². The molecule has 0 bridgehead atoms. The number of hydrogen-bond acceptors (Lipinski definition) is 3. The summed E-state index contributed by atoms with van der Waals surface area (Å²) in [5.41, 5.74) is 0. The van der Waals surface area contributed by atoms with Crippen LogP contribution in [0.4, 0.5) is 0 Å². The predicted octanol–water partition coefficient (Wildman–Crippen LogP) is 9.48. The average Bonchev–Trinajstić information content (AvgIpc) is 2.56. The third-order valence-corrected chi connectivity index (χ3v) is 1.04. The van der Waals surface area contributed by atoms with Gasteiger partial charge in [-0.15, -0.1) is 0 Å². The zero-order valence-corrected chi connectivity index (χ0v) is 20.8. The van der Waals surface area contributed by atoms with Crippen molar-refractivity contribution in [3.05, 3.63) is 55.4 Å². The fourth-order valence-electron chi connectivity index (χ4n) is 0.566. The minimum Gasteiger partial charge on any atom is -0.265 e. The van der Waals surface area contributed by atoms with Gasteiger partial charge in [-0.25, -0.2) is 9.97 Å². The number of nitrogens with zero attached hydrogens (tertiary/aromatic N) is 3. The van der Waals surface area contributed by atoms with Crippen LogP contribution >= 0.6 is 0 Å². The number of rotatable bonds is 0. The van der Waals surface area contributed by atoms with E-state index in [2.05, 4.69) is 98.0 Å². The van der Waals surface area contributed by atoms with Gasteiger partial charge in [0.15, 0.2) is 0 Å². The molecule has 180 valence electrons. The Morgan fingerprint density at radius 1 is 0.367 bits per heavy atom. The predicted molar refractivity (Wildman–Crippen MR) is 142 cm³/mol. The highest BCUT2D eigenvalue weighted by Gasteiger charge is 1.69. The molecule has 0 atom stereocenters. The maximum Gasteiger partial charge on any atom is 0.115 e. The second-order valence-electron chi connectivity index (χ2n) is 8.86. The molecule has 0 radical (unpaired) electrons. The minimum absolute atomic E-state index is 0. The van der Waals surface area contributed by atoms with Crippen LogP contribution in [0.1, 0.15) is 97.9 Å². The lowest BCUT2D eigenvalue weighted by atomic mass is 10.3. The Morgan fingerprint density at radius 2 is 0.600 bits per heavy atom. The molecule has 0 aliphatic heterocycles. The van der Waals surface area contributed by atoms with E-state index in [1.165, 1.54) is 6.33 Å². The van der Waals surface area contributed by atoms with Gasteiger partial charge in [-0.2, -0.15) is 0 Å². The van der Waals surface area contributed by atoms with Gasteiger partial charge in [-0.1, -0.05) is 104 Å². The Labute approximate surface area is 192 Å². The van der Waals surface area contributed by atoms with Crippen molar-refractivity contribution >= 4 is 0 Å². The monoisotopic (exact) mass is 423 g/mol. The van der Waals surface area contributed by atoms with Crippen molar-refractivity contribution in [1.29, 1.82) is 0 Å². The van der Waals surface area contributed by atoms with Gasteiger partial charge in [0.1, 0.15) is 6.33 Å². The van der Waals surface area contributed by atoms with Crippen LogP contribution in [-0.2, 0) is 0 Å². The lowest BCUT2D eigenvalue weighted by Crippen LogP contribution is -1.66. The van der Waals surface area contributed by atoms with Gasteiger partial charge in [0, 0.05) is 24.8 Å². The van der Waals surface area contributed by atoms with E-state index in [0.717, 1.165) is 23.7 Å². The van der Waals surface area contributed by atoms with Crippen molar-refractivity contribution in [2.45, 2.75) is 97.9 Å². The third-order valence-electron chi connectivity index (χ3n) is 1.04. The summed E-state index contributed by atoms with van der Waals surface area (Å²) in [6.45, 7) is 26.0. The molecule has 30 heavy (non-hydrogen) atoms. The largest absolute Gasteiger partial charge is 0.265 e. The van der Waals surface area contributed by atoms with Crippen LogP contribution in [0.3, 0.4) is 0 Å². The second-order valence-corrected chi connectivity index (χ2v) is 8.86. The van der Waals surface area contributed by atoms with Gasteiger partial charge in [0.05, 0.1) is 0 Å². The SMILES string of the molecule is C.C.CC(C)C.CC(C)C.CC(C)C.CC(C)C.c1ccncc1.c1cncnc1. The summed E-state index contributed by atoms with van der Waals surface area (Å²) in [5, 5.41) is 0. The van der Waals surface area contributed by atoms with Gasteiger partial charge in [-0.05, 0) is 41.9 Å². The molecule has 0 unspecified atom stereocenters. The van der Waals surface area contributed by atoms with Crippen molar-refractivity contribution in [2.75, 3.05) is 0 Å². The molecule has 0 saturated carbocycles. The van der Waals surface area contributed by atoms with Gasteiger partial charge in [-0.3, -0.25) is 4.98 Å². The second kappa shape index (κ2) is 37.9. The first-order chi connectivity index (χ1) is 12.9. The van der Waals surface area contributed by atoms with Crippen molar-refractivity contribution in [2.24, 2.45) is 23.7 Å². The zero-order chi connectivity index (χ0) is 22.8. The fourth-order valence-corrected chi connectivity index (χ4v) is 0.566. The number of hydrogen-bond donors (Lipinski definition) is 0. The van der Waals surface area contributed by atoms with Crippen LogP contribution in [0.15, 0.2) is 55.4 Å². The van der Waals surface area contributed by atoms with Crippen molar-refractivity contribution < 1.29 is 0 Å². The van der Waals surface area contributed by atoms with Crippen LogP contribution in [0.2, 0.25) is 0 Å².